The van der Waals surface area contributed by atoms with E-state index < -0.39 is 0 Å². The van der Waals surface area contributed by atoms with Gasteiger partial charge in [0.15, 0.2) is 5.75 Å². The van der Waals surface area contributed by atoms with Crippen LogP contribution in [0.25, 0.3) is 0 Å². The van der Waals surface area contributed by atoms with Crippen LogP contribution in [0.2, 0.25) is 0 Å². The highest BCUT2D eigenvalue weighted by atomic mass is 32.2. The van der Waals surface area contributed by atoms with Gasteiger partial charge in [-0.3, -0.25) is 4.79 Å². The molecule has 0 aliphatic rings. The van der Waals surface area contributed by atoms with E-state index >= 15 is 0 Å². The van der Waals surface area contributed by atoms with E-state index in [2.05, 4.69) is 11.4 Å². The fourth-order valence-corrected chi connectivity index (χ4v) is 3.47. The Hall–Kier alpha value is -3.43. The summed E-state index contributed by atoms with van der Waals surface area (Å²) in [6.45, 7) is 2.55. The molecule has 0 aliphatic heterocycles. The molecule has 0 aromatic heterocycles. The second kappa shape index (κ2) is 10.9. The summed E-state index contributed by atoms with van der Waals surface area (Å²) in [5.74, 6) is 2.94. The lowest BCUT2D eigenvalue weighted by Crippen LogP contribution is -2.14. The Morgan fingerprint density at radius 1 is 1.00 bits per heavy atom. The molecule has 0 saturated carbocycles. The summed E-state index contributed by atoms with van der Waals surface area (Å²) < 4.78 is 11.4. The van der Waals surface area contributed by atoms with Gasteiger partial charge in [-0.25, -0.2) is 0 Å². The molecule has 1 amide bonds. The molecule has 0 bridgehead atoms. The monoisotopic (exact) mass is 418 g/mol. The number of benzene rings is 3. The molecule has 0 radical (unpaired) electrons. The Labute approximate surface area is 180 Å². The number of carbonyl (C=O) groups excluding carboxylic acids is 1. The van der Waals surface area contributed by atoms with E-state index in [0.717, 1.165) is 11.3 Å². The first-order valence-electron chi connectivity index (χ1n) is 9.54. The van der Waals surface area contributed by atoms with E-state index in [-0.39, 0.29) is 5.91 Å². The Morgan fingerprint density at radius 3 is 2.40 bits per heavy atom. The van der Waals surface area contributed by atoms with Gasteiger partial charge in [0.1, 0.15) is 11.5 Å². The van der Waals surface area contributed by atoms with Crippen molar-refractivity contribution in [2.24, 2.45) is 0 Å². The van der Waals surface area contributed by atoms with Crippen LogP contribution in [-0.4, -0.2) is 18.3 Å². The molecule has 0 atom stereocenters. The topological polar surface area (TPSA) is 71.3 Å². The molecule has 3 rings (SSSR count). The molecule has 0 fully saturated rings. The minimum Gasteiger partial charge on any atom is -0.494 e. The summed E-state index contributed by atoms with van der Waals surface area (Å²) in [4.78, 5) is 12.4. The lowest BCUT2D eigenvalue weighted by molar-refractivity contribution is -0.113. The van der Waals surface area contributed by atoms with Gasteiger partial charge in [0.2, 0.25) is 5.91 Å². The average Bonchev–Trinajstić information content (AvgIpc) is 2.77. The van der Waals surface area contributed by atoms with Gasteiger partial charge in [0.05, 0.1) is 29.7 Å². The first-order valence-corrected chi connectivity index (χ1v) is 10.7. The molecule has 6 heteroatoms. The van der Waals surface area contributed by atoms with Crippen LogP contribution in [0, 0.1) is 11.3 Å². The van der Waals surface area contributed by atoms with Crippen molar-refractivity contribution in [3.05, 3.63) is 83.9 Å². The van der Waals surface area contributed by atoms with Crippen LogP contribution in [0.4, 0.5) is 5.69 Å². The SMILES string of the molecule is CCOc1ccc(Oc2ccccc2NC(=O)CSCc2ccc(C#N)cc2)cc1. The van der Waals surface area contributed by atoms with Gasteiger partial charge in [-0.05, 0) is 61.0 Å². The highest BCUT2D eigenvalue weighted by molar-refractivity contribution is 7.99. The van der Waals surface area contributed by atoms with E-state index in [1.54, 1.807) is 12.1 Å². The fourth-order valence-electron chi connectivity index (χ4n) is 2.68. The van der Waals surface area contributed by atoms with Gasteiger partial charge in [-0.2, -0.15) is 5.26 Å². The van der Waals surface area contributed by atoms with Gasteiger partial charge >= 0.3 is 0 Å². The summed E-state index contributed by atoms with van der Waals surface area (Å²) >= 11 is 1.51. The molecule has 30 heavy (non-hydrogen) atoms. The molecule has 1 N–H and O–H groups in total. The lowest BCUT2D eigenvalue weighted by atomic mass is 10.2. The minimum absolute atomic E-state index is 0.101. The third-order valence-electron chi connectivity index (χ3n) is 4.11. The number of nitrogens with one attached hydrogen (secondary N) is 1. The van der Waals surface area contributed by atoms with Crippen molar-refractivity contribution < 1.29 is 14.3 Å². The summed E-state index contributed by atoms with van der Waals surface area (Å²) in [7, 11) is 0. The van der Waals surface area contributed by atoms with Crippen LogP contribution in [0.15, 0.2) is 72.8 Å². The molecular weight excluding hydrogens is 396 g/mol. The van der Waals surface area contributed by atoms with Crippen molar-refractivity contribution in [2.45, 2.75) is 12.7 Å². The Bertz CT molecular complexity index is 1010. The molecule has 3 aromatic carbocycles. The average molecular weight is 419 g/mol. The molecule has 0 unspecified atom stereocenters. The van der Waals surface area contributed by atoms with E-state index in [4.69, 9.17) is 14.7 Å². The molecule has 0 aliphatic carbocycles. The van der Waals surface area contributed by atoms with E-state index in [1.165, 1.54) is 11.8 Å². The number of amides is 1. The maximum Gasteiger partial charge on any atom is 0.234 e. The third kappa shape index (κ3) is 6.29. The molecule has 0 spiro atoms. The van der Waals surface area contributed by atoms with Crippen molar-refractivity contribution in [2.75, 3.05) is 17.7 Å². The second-order valence-electron chi connectivity index (χ2n) is 6.35. The number of para-hydroxylation sites is 2. The van der Waals surface area contributed by atoms with E-state index in [9.17, 15) is 4.79 Å². The third-order valence-corrected chi connectivity index (χ3v) is 5.11. The number of rotatable bonds is 9. The molecule has 152 valence electrons. The Kier molecular flexibility index (Phi) is 7.76. The number of nitriles is 1. The van der Waals surface area contributed by atoms with Crippen LogP contribution in [0.3, 0.4) is 0 Å². The van der Waals surface area contributed by atoms with Gasteiger partial charge in [-0.1, -0.05) is 24.3 Å². The highest BCUT2D eigenvalue weighted by Crippen LogP contribution is 2.30. The number of nitrogens with zero attached hydrogens (tertiary/aromatic N) is 1. The van der Waals surface area contributed by atoms with Crippen molar-refractivity contribution in [1.29, 1.82) is 5.26 Å². The van der Waals surface area contributed by atoms with Crippen LogP contribution in [0.5, 0.6) is 17.2 Å². The summed E-state index contributed by atoms with van der Waals surface area (Å²) in [6.07, 6.45) is 0. The van der Waals surface area contributed by atoms with Crippen molar-refractivity contribution in [3.8, 4) is 23.3 Å². The van der Waals surface area contributed by atoms with Crippen LogP contribution in [0.1, 0.15) is 18.1 Å². The first-order chi connectivity index (χ1) is 14.7. The van der Waals surface area contributed by atoms with E-state index in [0.29, 0.717) is 40.9 Å². The zero-order valence-corrected chi connectivity index (χ0v) is 17.4. The number of thioether (sulfide) groups is 1. The van der Waals surface area contributed by atoms with Crippen molar-refractivity contribution in [3.63, 3.8) is 0 Å². The zero-order chi connectivity index (χ0) is 21.2. The van der Waals surface area contributed by atoms with Crippen LogP contribution in [-0.2, 0) is 10.5 Å². The lowest BCUT2D eigenvalue weighted by Gasteiger charge is -2.12. The van der Waals surface area contributed by atoms with Gasteiger partial charge < -0.3 is 14.8 Å². The molecule has 0 saturated heterocycles. The summed E-state index contributed by atoms with van der Waals surface area (Å²) in [5, 5.41) is 11.8. The molecule has 0 heterocycles. The minimum atomic E-state index is -0.101. The standard InChI is InChI=1S/C24H22N2O3S/c1-2-28-20-11-13-21(14-12-20)29-23-6-4-3-5-22(23)26-24(27)17-30-16-19-9-7-18(15-25)8-10-19/h3-14H,2,16-17H2,1H3,(H,26,27). The predicted molar refractivity (Wildman–Crippen MR) is 120 cm³/mol. The highest BCUT2D eigenvalue weighted by Gasteiger charge is 2.09. The van der Waals surface area contributed by atoms with Gasteiger partial charge in [0.25, 0.3) is 0 Å². The van der Waals surface area contributed by atoms with Crippen molar-refractivity contribution >= 4 is 23.4 Å². The van der Waals surface area contributed by atoms with Crippen molar-refractivity contribution in [1.82, 2.24) is 0 Å². The maximum absolute atomic E-state index is 12.4. The number of hydrogen-bond acceptors (Lipinski definition) is 5. The van der Waals surface area contributed by atoms with E-state index in [1.807, 2.05) is 67.6 Å². The first kappa shape index (κ1) is 21.3. The smallest absolute Gasteiger partial charge is 0.234 e. The number of anilines is 1. The molecule has 5 nitrogen and oxygen atoms in total. The van der Waals surface area contributed by atoms with Gasteiger partial charge in [0, 0.05) is 5.75 Å². The molecule has 3 aromatic rings. The summed E-state index contributed by atoms with van der Waals surface area (Å²) in [5.41, 5.74) is 2.33. The number of ether oxygens (including phenoxy) is 2. The van der Waals surface area contributed by atoms with Crippen LogP contribution >= 0.6 is 11.8 Å². The quantitative estimate of drug-likeness (QED) is 0.488. The molecular formula is C24H22N2O3S. The maximum atomic E-state index is 12.4. The normalized spacial score (nSPS) is 10.1. The Balaban J connectivity index is 1.54. The van der Waals surface area contributed by atoms with Crippen LogP contribution < -0.4 is 14.8 Å². The summed E-state index contributed by atoms with van der Waals surface area (Å²) in [6, 6.07) is 24.2. The predicted octanol–water partition coefficient (Wildman–Crippen LogP) is 5.62. The Morgan fingerprint density at radius 2 is 1.70 bits per heavy atom. The van der Waals surface area contributed by atoms with Gasteiger partial charge in [-0.15, -0.1) is 11.8 Å². The largest absolute Gasteiger partial charge is 0.494 e. The zero-order valence-electron chi connectivity index (χ0n) is 16.6. The fraction of sp³-hybridized carbons (Fsp3) is 0.167. The number of carbonyl (C=O) groups is 1. The second-order valence-corrected chi connectivity index (χ2v) is 7.34. The number of hydrogen-bond donors (Lipinski definition) is 1.